The summed E-state index contributed by atoms with van der Waals surface area (Å²) in [6, 6.07) is 0. The molecule has 1 aromatic rings. The zero-order valence-corrected chi connectivity index (χ0v) is 12.4. The van der Waals surface area contributed by atoms with E-state index in [0.29, 0.717) is 17.7 Å². The van der Waals surface area contributed by atoms with E-state index < -0.39 is 0 Å². The lowest BCUT2D eigenvalue weighted by atomic mass is 10.3. The van der Waals surface area contributed by atoms with Gasteiger partial charge in [-0.2, -0.15) is 23.5 Å². The average Bonchev–Trinajstić information content (AvgIpc) is 2.41. The highest BCUT2D eigenvalue weighted by Crippen LogP contribution is 2.25. The molecule has 0 radical (unpaired) electrons. The van der Waals surface area contributed by atoms with Crippen molar-refractivity contribution in [2.75, 3.05) is 35.7 Å². The fourth-order valence-electron chi connectivity index (χ4n) is 1.76. The van der Waals surface area contributed by atoms with Gasteiger partial charge in [-0.05, 0) is 13.8 Å². The molecule has 1 N–H and O–H groups in total. The summed E-state index contributed by atoms with van der Waals surface area (Å²) in [7, 11) is 0. The lowest BCUT2D eigenvalue weighted by Gasteiger charge is -2.21. The van der Waals surface area contributed by atoms with Crippen molar-refractivity contribution >= 4 is 29.3 Å². The maximum Gasteiger partial charge on any atom is 0.221 e. The Morgan fingerprint density at radius 3 is 3.06 bits per heavy atom. The van der Waals surface area contributed by atoms with Gasteiger partial charge in [-0.25, -0.2) is 9.97 Å². The number of nitrogens with zero attached hydrogens (tertiary/aromatic N) is 2. The molecule has 18 heavy (non-hydrogen) atoms. The van der Waals surface area contributed by atoms with Crippen molar-refractivity contribution in [1.82, 2.24) is 9.97 Å². The fourth-order valence-corrected chi connectivity index (χ4v) is 4.37. The number of anilines is 1. The lowest BCUT2D eigenvalue weighted by molar-refractivity contribution is 0.324. The molecule has 1 aliphatic heterocycles. The van der Waals surface area contributed by atoms with Crippen LogP contribution in [0.5, 0.6) is 5.88 Å². The molecule has 1 aliphatic rings. The molecule has 6 heteroatoms. The minimum atomic E-state index is 0.631. The molecule has 0 amide bonds. The molecule has 100 valence electrons. The van der Waals surface area contributed by atoms with Gasteiger partial charge in [0.25, 0.3) is 0 Å². The highest BCUT2D eigenvalue weighted by Gasteiger charge is 2.15. The van der Waals surface area contributed by atoms with E-state index in [1.807, 2.05) is 37.4 Å². The third kappa shape index (κ3) is 3.68. The molecule has 0 bridgehead atoms. The van der Waals surface area contributed by atoms with Crippen LogP contribution in [0.3, 0.4) is 0 Å². The van der Waals surface area contributed by atoms with Crippen LogP contribution >= 0.6 is 23.5 Å². The second kappa shape index (κ2) is 7.09. The van der Waals surface area contributed by atoms with Gasteiger partial charge in [0.1, 0.15) is 12.1 Å². The summed E-state index contributed by atoms with van der Waals surface area (Å²) in [6.07, 6.45) is 1.56. The fraction of sp³-hybridized carbons (Fsp3) is 0.667. The minimum absolute atomic E-state index is 0.631. The summed E-state index contributed by atoms with van der Waals surface area (Å²) >= 11 is 4.08. The summed E-state index contributed by atoms with van der Waals surface area (Å²) in [4.78, 5) is 8.43. The van der Waals surface area contributed by atoms with Crippen molar-refractivity contribution in [3.05, 3.63) is 11.9 Å². The van der Waals surface area contributed by atoms with Crippen molar-refractivity contribution in [2.24, 2.45) is 0 Å². The Morgan fingerprint density at radius 2 is 2.33 bits per heavy atom. The number of ether oxygens (including phenoxy) is 1. The van der Waals surface area contributed by atoms with Crippen molar-refractivity contribution in [1.29, 1.82) is 0 Å². The molecule has 1 aromatic heterocycles. The van der Waals surface area contributed by atoms with E-state index in [0.717, 1.165) is 17.9 Å². The number of hydrogen-bond donors (Lipinski definition) is 1. The molecule has 4 nitrogen and oxygen atoms in total. The van der Waals surface area contributed by atoms with E-state index in [9.17, 15) is 0 Å². The zero-order valence-electron chi connectivity index (χ0n) is 10.8. The molecular formula is C12H19N3OS2. The third-order valence-corrected chi connectivity index (χ3v) is 5.55. The Balaban J connectivity index is 1.93. The predicted molar refractivity (Wildman–Crippen MR) is 80.0 cm³/mol. The van der Waals surface area contributed by atoms with Crippen molar-refractivity contribution in [3.63, 3.8) is 0 Å². The number of aromatic nitrogens is 2. The second-order valence-electron chi connectivity index (χ2n) is 4.03. The van der Waals surface area contributed by atoms with Crippen LogP contribution in [0.1, 0.15) is 12.5 Å². The van der Waals surface area contributed by atoms with Crippen LogP contribution in [-0.4, -0.2) is 45.6 Å². The Kier molecular flexibility index (Phi) is 5.44. The molecule has 2 rings (SSSR count). The largest absolute Gasteiger partial charge is 0.478 e. The van der Waals surface area contributed by atoms with Gasteiger partial charge >= 0.3 is 0 Å². The topological polar surface area (TPSA) is 47.0 Å². The van der Waals surface area contributed by atoms with Crippen LogP contribution in [0.4, 0.5) is 5.82 Å². The van der Waals surface area contributed by atoms with Crippen LogP contribution in [0, 0.1) is 6.92 Å². The Morgan fingerprint density at radius 1 is 1.44 bits per heavy atom. The van der Waals surface area contributed by atoms with Crippen molar-refractivity contribution < 1.29 is 4.74 Å². The molecule has 1 atom stereocenters. The molecule has 0 saturated carbocycles. The van der Waals surface area contributed by atoms with Crippen LogP contribution < -0.4 is 10.1 Å². The summed E-state index contributed by atoms with van der Waals surface area (Å²) < 4.78 is 5.47. The van der Waals surface area contributed by atoms with E-state index >= 15 is 0 Å². The third-order valence-electron chi connectivity index (χ3n) is 2.70. The maximum absolute atomic E-state index is 5.47. The first kappa shape index (κ1) is 13.8. The number of thioether (sulfide) groups is 2. The summed E-state index contributed by atoms with van der Waals surface area (Å²) in [6.45, 7) is 5.55. The summed E-state index contributed by atoms with van der Waals surface area (Å²) in [5.41, 5.74) is 0.993. The monoisotopic (exact) mass is 285 g/mol. The molecular weight excluding hydrogens is 266 g/mol. The Hall–Kier alpha value is -0.620. The van der Waals surface area contributed by atoms with Crippen LogP contribution in [0.25, 0.3) is 0 Å². The lowest BCUT2D eigenvalue weighted by Crippen LogP contribution is -2.24. The molecule has 0 aliphatic carbocycles. The van der Waals surface area contributed by atoms with Crippen molar-refractivity contribution in [2.45, 2.75) is 19.1 Å². The molecule has 2 heterocycles. The summed E-state index contributed by atoms with van der Waals surface area (Å²) in [5.74, 6) is 5.33. The van der Waals surface area contributed by atoms with E-state index in [1.165, 1.54) is 17.3 Å². The first-order chi connectivity index (χ1) is 8.81. The highest BCUT2D eigenvalue weighted by molar-refractivity contribution is 8.06. The van der Waals surface area contributed by atoms with Gasteiger partial charge < -0.3 is 10.1 Å². The Bertz CT molecular complexity index is 384. The number of hydrogen-bond acceptors (Lipinski definition) is 6. The molecule has 0 aromatic carbocycles. The van der Waals surface area contributed by atoms with Gasteiger partial charge in [0.05, 0.1) is 12.2 Å². The predicted octanol–water partition coefficient (Wildman–Crippen LogP) is 2.44. The molecule has 0 spiro atoms. The minimum Gasteiger partial charge on any atom is -0.478 e. The van der Waals surface area contributed by atoms with Gasteiger partial charge in [0, 0.05) is 29.1 Å². The molecule has 1 fully saturated rings. The van der Waals surface area contributed by atoms with Gasteiger partial charge in [-0.1, -0.05) is 0 Å². The van der Waals surface area contributed by atoms with E-state index in [2.05, 4.69) is 15.3 Å². The Labute approximate surface area is 117 Å². The first-order valence-electron chi connectivity index (χ1n) is 6.19. The smallest absolute Gasteiger partial charge is 0.221 e. The molecule has 1 saturated heterocycles. The van der Waals surface area contributed by atoms with Crippen LogP contribution in [0.15, 0.2) is 6.33 Å². The van der Waals surface area contributed by atoms with Gasteiger partial charge in [-0.15, -0.1) is 0 Å². The van der Waals surface area contributed by atoms with Gasteiger partial charge in [0.15, 0.2) is 0 Å². The number of nitrogens with one attached hydrogen (secondary N) is 1. The standard InChI is InChI=1S/C12H19N3OS2/c1-3-16-12-9(2)11(14-8-15-12)13-6-10-7-17-4-5-18-10/h8,10H,3-7H2,1-2H3,(H,13,14,15). The highest BCUT2D eigenvalue weighted by atomic mass is 32.2. The summed E-state index contributed by atoms with van der Waals surface area (Å²) in [5, 5.41) is 4.09. The second-order valence-corrected chi connectivity index (χ2v) is 6.59. The normalized spacial score (nSPS) is 19.6. The SMILES string of the molecule is CCOc1ncnc(NCC2CSCCS2)c1C. The van der Waals surface area contributed by atoms with Gasteiger partial charge in [0.2, 0.25) is 5.88 Å². The van der Waals surface area contributed by atoms with Crippen molar-refractivity contribution in [3.8, 4) is 5.88 Å². The van der Waals surface area contributed by atoms with E-state index in [1.54, 1.807) is 6.33 Å². The van der Waals surface area contributed by atoms with Gasteiger partial charge in [-0.3, -0.25) is 0 Å². The maximum atomic E-state index is 5.47. The van der Waals surface area contributed by atoms with E-state index in [-0.39, 0.29) is 0 Å². The average molecular weight is 285 g/mol. The first-order valence-corrected chi connectivity index (χ1v) is 8.39. The quantitative estimate of drug-likeness (QED) is 0.896. The molecule has 1 unspecified atom stereocenters. The zero-order chi connectivity index (χ0) is 12.8. The van der Waals surface area contributed by atoms with Crippen LogP contribution in [-0.2, 0) is 0 Å². The number of rotatable bonds is 5. The van der Waals surface area contributed by atoms with E-state index in [4.69, 9.17) is 4.74 Å². The van der Waals surface area contributed by atoms with Crippen LogP contribution in [0.2, 0.25) is 0 Å².